The molecule has 0 saturated heterocycles. The summed E-state index contributed by atoms with van der Waals surface area (Å²) in [6.45, 7) is 1.54. The standard InChI is InChI=1S/C15H12FNO2/c1-10(15(19)12-3-2-8-17-9-12)14(18)11-4-6-13(16)7-5-11/h2-10H,1H3. The van der Waals surface area contributed by atoms with Crippen LogP contribution in [0.1, 0.15) is 27.6 Å². The van der Waals surface area contributed by atoms with Crippen molar-refractivity contribution in [1.29, 1.82) is 0 Å². The van der Waals surface area contributed by atoms with Gasteiger partial charge in [-0.3, -0.25) is 14.6 Å². The molecular weight excluding hydrogens is 245 g/mol. The number of carbonyl (C=O) groups excluding carboxylic acids is 2. The Morgan fingerprint density at radius 1 is 1.05 bits per heavy atom. The summed E-state index contributed by atoms with van der Waals surface area (Å²) < 4.78 is 12.8. The molecule has 0 N–H and O–H groups in total. The summed E-state index contributed by atoms with van der Waals surface area (Å²) in [5.41, 5.74) is 0.719. The largest absolute Gasteiger partial charge is 0.293 e. The van der Waals surface area contributed by atoms with Crippen LogP contribution in [-0.2, 0) is 0 Å². The monoisotopic (exact) mass is 257 g/mol. The minimum Gasteiger partial charge on any atom is -0.293 e. The van der Waals surface area contributed by atoms with E-state index in [1.54, 1.807) is 25.3 Å². The molecule has 4 heteroatoms. The number of nitrogens with zero attached hydrogens (tertiary/aromatic N) is 1. The summed E-state index contributed by atoms with van der Waals surface area (Å²) in [5.74, 6) is -1.84. The third-order valence-electron chi connectivity index (χ3n) is 2.86. The van der Waals surface area contributed by atoms with E-state index in [4.69, 9.17) is 0 Å². The van der Waals surface area contributed by atoms with Crippen LogP contribution in [0.15, 0.2) is 48.8 Å². The first-order chi connectivity index (χ1) is 9.09. The topological polar surface area (TPSA) is 47.0 Å². The number of ketones is 2. The summed E-state index contributed by atoms with van der Waals surface area (Å²) >= 11 is 0. The third-order valence-corrected chi connectivity index (χ3v) is 2.86. The van der Waals surface area contributed by atoms with Crippen molar-refractivity contribution in [2.45, 2.75) is 6.92 Å². The van der Waals surface area contributed by atoms with Gasteiger partial charge in [0.15, 0.2) is 11.6 Å². The van der Waals surface area contributed by atoms with Crippen LogP contribution >= 0.6 is 0 Å². The molecule has 1 aromatic carbocycles. The number of hydrogen-bond donors (Lipinski definition) is 0. The minimum atomic E-state index is -0.810. The highest BCUT2D eigenvalue weighted by Crippen LogP contribution is 2.14. The zero-order valence-electron chi connectivity index (χ0n) is 10.3. The van der Waals surface area contributed by atoms with Crippen LogP contribution < -0.4 is 0 Å². The molecular formula is C15H12FNO2. The van der Waals surface area contributed by atoms with Crippen molar-refractivity contribution in [3.8, 4) is 0 Å². The highest BCUT2D eigenvalue weighted by atomic mass is 19.1. The number of Topliss-reactive ketones (excluding diaryl/α,β-unsaturated/α-hetero) is 2. The Morgan fingerprint density at radius 3 is 2.26 bits per heavy atom. The molecule has 0 amide bonds. The third kappa shape index (κ3) is 2.91. The Kier molecular flexibility index (Phi) is 3.80. The second kappa shape index (κ2) is 5.52. The summed E-state index contributed by atoms with van der Waals surface area (Å²) in [7, 11) is 0. The van der Waals surface area contributed by atoms with Gasteiger partial charge in [-0.1, -0.05) is 0 Å². The molecule has 19 heavy (non-hydrogen) atoms. The lowest BCUT2D eigenvalue weighted by Gasteiger charge is -2.09. The summed E-state index contributed by atoms with van der Waals surface area (Å²) in [5, 5.41) is 0. The van der Waals surface area contributed by atoms with Gasteiger partial charge in [-0.15, -0.1) is 0 Å². The second-order valence-corrected chi connectivity index (χ2v) is 4.20. The number of halogens is 1. The number of rotatable bonds is 4. The molecule has 0 aliphatic rings. The summed E-state index contributed by atoms with van der Waals surface area (Å²) in [4.78, 5) is 28.0. The van der Waals surface area contributed by atoms with Gasteiger partial charge in [0, 0.05) is 23.5 Å². The average molecular weight is 257 g/mol. The van der Waals surface area contributed by atoms with Gasteiger partial charge in [0.25, 0.3) is 0 Å². The molecule has 96 valence electrons. The van der Waals surface area contributed by atoms with E-state index in [0.29, 0.717) is 11.1 Å². The Balaban J connectivity index is 2.20. The van der Waals surface area contributed by atoms with Crippen molar-refractivity contribution in [2.24, 2.45) is 5.92 Å². The van der Waals surface area contributed by atoms with E-state index < -0.39 is 11.7 Å². The summed E-state index contributed by atoms with van der Waals surface area (Å²) in [6, 6.07) is 8.42. The highest BCUT2D eigenvalue weighted by molar-refractivity contribution is 6.15. The highest BCUT2D eigenvalue weighted by Gasteiger charge is 2.23. The predicted molar refractivity (Wildman–Crippen MR) is 68.5 cm³/mol. The molecule has 0 saturated carbocycles. The first-order valence-electron chi connectivity index (χ1n) is 5.83. The molecule has 0 fully saturated rings. The van der Waals surface area contributed by atoms with Gasteiger partial charge < -0.3 is 0 Å². The SMILES string of the molecule is CC(C(=O)c1ccc(F)cc1)C(=O)c1cccnc1. The van der Waals surface area contributed by atoms with E-state index in [2.05, 4.69) is 4.98 Å². The predicted octanol–water partition coefficient (Wildman–Crippen LogP) is 2.92. The van der Waals surface area contributed by atoms with Crippen LogP contribution in [0.2, 0.25) is 0 Å². The Morgan fingerprint density at radius 2 is 1.68 bits per heavy atom. The van der Waals surface area contributed by atoms with Gasteiger partial charge >= 0.3 is 0 Å². The zero-order valence-corrected chi connectivity index (χ0v) is 10.3. The van der Waals surface area contributed by atoms with E-state index in [9.17, 15) is 14.0 Å². The van der Waals surface area contributed by atoms with Gasteiger partial charge in [0.2, 0.25) is 0 Å². The smallest absolute Gasteiger partial charge is 0.174 e. The molecule has 1 heterocycles. The molecule has 2 aromatic rings. The zero-order chi connectivity index (χ0) is 13.8. The fourth-order valence-electron chi connectivity index (χ4n) is 1.74. The lowest BCUT2D eigenvalue weighted by molar-refractivity contribution is 0.0820. The van der Waals surface area contributed by atoms with Crippen LogP contribution in [0.25, 0.3) is 0 Å². The van der Waals surface area contributed by atoms with Gasteiger partial charge in [0.05, 0.1) is 5.92 Å². The molecule has 1 unspecified atom stereocenters. The minimum absolute atomic E-state index is 0.289. The quantitative estimate of drug-likeness (QED) is 0.625. The Labute approximate surface area is 110 Å². The lowest BCUT2D eigenvalue weighted by Crippen LogP contribution is -2.21. The molecule has 0 bridgehead atoms. The first-order valence-corrected chi connectivity index (χ1v) is 5.83. The van der Waals surface area contributed by atoms with Crippen molar-refractivity contribution < 1.29 is 14.0 Å². The number of hydrogen-bond acceptors (Lipinski definition) is 3. The van der Waals surface area contributed by atoms with Crippen LogP contribution in [0.4, 0.5) is 4.39 Å². The van der Waals surface area contributed by atoms with Crippen molar-refractivity contribution in [3.63, 3.8) is 0 Å². The lowest BCUT2D eigenvalue weighted by atomic mass is 9.92. The molecule has 0 aliphatic carbocycles. The number of pyridine rings is 1. The van der Waals surface area contributed by atoms with E-state index in [1.165, 1.54) is 30.5 Å². The van der Waals surface area contributed by atoms with Crippen LogP contribution in [0.3, 0.4) is 0 Å². The molecule has 3 nitrogen and oxygen atoms in total. The van der Waals surface area contributed by atoms with Crippen molar-refractivity contribution in [3.05, 3.63) is 65.7 Å². The maximum Gasteiger partial charge on any atom is 0.174 e. The van der Waals surface area contributed by atoms with E-state index >= 15 is 0 Å². The Hall–Kier alpha value is -2.36. The Bertz CT molecular complexity index is 593. The number of benzene rings is 1. The molecule has 1 aromatic heterocycles. The van der Waals surface area contributed by atoms with Gasteiger partial charge in [-0.2, -0.15) is 0 Å². The fourth-order valence-corrected chi connectivity index (χ4v) is 1.74. The molecule has 0 aliphatic heterocycles. The van der Waals surface area contributed by atoms with E-state index in [-0.39, 0.29) is 11.6 Å². The molecule has 1 atom stereocenters. The summed E-state index contributed by atoms with van der Waals surface area (Å²) in [6.07, 6.45) is 2.99. The van der Waals surface area contributed by atoms with Crippen molar-refractivity contribution in [1.82, 2.24) is 4.98 Å². The van der Waals surface area contributed by atoms with E-state index in [1.807, 2.05) is 0 Å². The normalized spacial score (nSPS) is 11.9. The molecule has 0 radical (unpaired) electrons. The van der Waals surface area contributed by atoms with Crippen molar-refractivity contribution in [2.75, 3.05) is 0 Å². The van der Waals surface area contributed by atoms with Crippen LogP contribution in [0.5, 0.6) is 0 Å². The maximum absolute atomic E-state index is 12.8. The van der Waals surface area contributed by atoms with Crippen molar-refractivity contribution >= 4 is 11.6 Å². The average Bonchev–Trinajstić information content (AvgIpc) is 2.46. The van der Waals surface area contributed by atoms with Gasteiger partial charge in [-0.25, -0.2) is 4.39 Å². The molecule has 0 spiro atoms. The maximum atomic E-state index is 12.8. The van der Waals surface area contributed by atoms with E-state index in [0.717, 1.165) is 0 Å². The first kappa shape index (κ1) is 13.1. The second-order valence-electron chi connectivity index (χ2n) is 4.20. The number of carbonyl (C=O) groups is 2. The van der Waals surface area contributed by atoms with Gasteiger partial charge in [-0.05, 0) is 43.3 Å². The fraction of sp³-hybridized carbons (Fsp3) is 0.133. The van der Waals surface area contributed by atoms with Gasteiger partial charge in [0.1, 0.15) is 5.82 Å². The number of aromatic nitrogens is 1. The van der Waals surface area contributed by atoms with Crippen LogP contribution in [-0.4, -0.2) is 16.6 Å². The molecule has 2 rings (SSSR count). The van der Waals surface area contributed by atoms with Crippen LogP contribution in [0, 0.1) is 11.7 Å².